The molecule has 3 nitrogen and oxygen atoms in total. The highest BCUT2D eigenvalue weighted by molar-refractivity contribution is 9.10. The molecule has 1 aromatic carbocycles. The van der Waals surface area contributed by atoms with Crippen molar-refractivity contribution in [3.8, 4) is 5.75 Å². The lowest BCUT2D eigenvalue weighted by molar-refractivity contribution is 0.357. The second kappa shape index (κ2) is 7.22. The van der Waals surface area contributed by atoms with Crippen LogP contribution < -0.4 is 10.6 Å². The van der Waals surface area contributed by atoms with Crippen LogP contribution in [0.2, 0.25) is 0 Å². The number of rotatable bonds is 3. The molecule has 6 heteroatoms. The summed E-state index contributed by atoms with van der Waals surface area (Å²) in [6.07, 6.45) is 6.34. The van der Waals surface area contributed by atoms with Crippen molar-refractivity contribution in [1.82, 2.24) is 5.32 Å². The first-order valence-electron chi connectivity index (χ1n) is 6.79. The van der Waals surface area contributed by atoms with E-state index in [1.165, 1.54) is 38.2 Å². The van der Waals surface area contributed by atoms with E-state index in [2.05, 4.69) is 26.6 Å². The van der Waals surface area contributed by atoms with Crippen molar-refractivity contribution in [3.05, 3.63) is 22.4 Å². The molecule has 1 aliphatic carbocycles. The van der Waals surface area contributed by atoms with Crippen LogP contribution in [0.15, 0.2) is 16.6 Å². The van der Waals surface area contributed by atoms with Crippen LogP contribution in [0.1, 0.15) is 32.1 Å². The largest absolute Gasteiger partial charge is 0.503 e. The molecule has 20 heavy (non-hydrogen) atoms. The molecule has 0 radical (unpaired) electrons. The van der Waals surface area contributed by atoms with Gasteiger partial charge in [0.15, 0.2) is 16.7 Å². The normalized spacial score (nSPS) is 15.9. The van der Waals surface area contributed by atoms with E-state index in [0.717, 1.165) is 6.54 Å². The number of nitrogens with one attached hydrogen (secondary N) is 2. The maximum atomic E-state index is 13.4. The van der Waals surface area contributed by atoms with E-state index in [1.807, 2.05) is 0 Å². The SMILES string of the molecule is Oc1c(F)cc(Br)cc1NC(=S)NCC1CCCCC1. The van der Waals surface area contributed by atoms with Crippen molar-refractivity contribution in [3.63, 3.8) is 0 Å². The zero-order valence-corrected chi connectivity index (χ0v) is 13.5. The molecule has 0 aliphatic heterocycles. The van der Waals surface area contributed by atoms with E-state index in [-0.39, 0.29) is 5.69 Å². The zero-order valence-electron chi connectivity index (χ0n) is 11.1. The maximum Gasteiger partial charge on any atom is 0.175 e. The van der Waals surface area contributed by atoms with Crippen LogP contribution in [0.5, 0.6) is 5.75 Å². The van der Waals surface area contributed by atoms with Crippen LogP contribution >= 0.6 is 28.1 Å². The van der Waals surface area contributed by atoms with Crippen LogP contribution in [0.3, 0.4) is 0 Å². The first-order valence-corrected chi connectivity index (χ1v) is 7.99. The quantitative estimate of drug-likeness (QED) is 0.559. The minimum Gasteiger partial charge on any atom is -0.503 e. The predicted molar refractivity (Wildman–Crippen MR) is 86.6 cm³/mol. The van der Waals surface area contributed by atoms with Crippen molar-refractivity contribution in [2.45, 2.75) is 32.1 Å². The Balaban J connectivity index is 1.88. The van der Waals surface area contributed by atoms with E-state index < -0.39 is 11.6 Å². The van der Waals surface area contributed by atoms with E-state index in [4.69, 9.17) is 12.2 Å². The Morgan fingerprint density at radius 3 is 2.75 bits per heavy atom. The van der Waals surface area contributed by atoms with Gasteiger partial charge < -0.3 is 15.7 Å². The summed E-state index contributed by atoms with van der Waals surface area (Å²) < 4.78 is 13.9. The Kier molecular flexibility index (Phi) is 5.60. The van der Waals surface area contributed by atoms with Crippen molar-refractivity contribution in [2.75, 3.05) is 11.9 Å². The fourth-order valence-corrected chi connectivity index (χ4v) is 3.08. The lowest BCUT2D eigenvalue weighted by Crippen LogP contribution is -2.33. The Morgan fingerprint density at radius 2 is 2.05 bits per heavy atom. The number of phenols is 1. The Bertz CT molecular complexity index is 492. The third-order valence-electron chi connectivity index (χ3n) is 3.55. The molecule has 0 unspecified atom stereocenters. The van der Waals surface area contributed by atoms with Crippen LogP contribution in [0, 0.1) is 11.7 Å². The number of phenolic OH excluding ortho intramolecular Hbond substituents is 1. The molecule has 0 amide bonds. The average molecular weight is 361 g/mol. The molecule has 1 fully saturated rings. The Labute approximate surface area is 132 Å². The average Bonchev–Trinajstić information content (AvgIpc) is 2.43. The second-order valence-corrected chi connectivity index (χ2v) is 6.45. The summed E-state index contributed by atoms with van der Waals surface area (Å²) >= 11 is 8.36. The van der Waals surface area contributed by atoms with Crippen molar-refractivity contribution in [2.24, 2.45) is 5.92 Å². The number of hydrogen-bond donors (Lipinski definition) is 3. The van der Waals surface area contributed by atoms with Gasteiger partial charge in [-0.25, -0.2) is 4.39 Å². The number of benzene rings is 1. The molecule has 0 saturated heterocycles. The molecule has 0 aromatic heterocycles. The summed E-state index contributed by atoms with van der Waals surface area (Å²) in [5.74, 6) is -0.455. The maximum absolute atomic E-state index is 13.4. The van der Waals surface area contributed by atoms with Gasteiger partial charge in [-0.15, -0.1) is 0 Å². The van der Waals surface area contributed by atoms with Gasteiger partial charge in [-0.1, -0.05) is 35.2 Å². The number of hydrogen-bond acceptors (Lipinski definition) is 2. The molecular formula is C14H18BrFN2OS. The van der Waals surface area contributed by atoms with Gasteiger partial charge in [0.1, 0.15) is 0 Å². The number of anilines is 1. The summed E-state index contributed by atoms with van der Waals surface area (Å²) in [5.41, 5.74) is 0.262. The van der Waals surface area contributed by atoms with Crippen LogP contribution in [-0.2, 0) is 0 Å². The summed E-state index contributed by atoms with van der Waals surface area (Å²) in [4.78, 5) is 0. The van der Waals surface area contributed by atoms with Gasteiger partial charge in [0, 0.05) is 11.0 Å². The molecule has 1 aromatic rings. The van der Waals surface area contributed by atoms with E-state index >= 15 is 0 Å². The van der Waals surface area contributed by atoms with Crippen molar-refractivity contribution < 1.29 is 9.50 Å². The Hall–Kier alpha value is -0.880. The van der Waals surface area contributed by atoms with Crippen LogP contribution in [-0.4, -0.2) is 16.8 Å². The molecule has 0 atom stereocenters. The van der Waals surface area contributed by atoms with E-state index in [1.54, 1.807) is 6.07 Å². The van der Waals surface area contributed by atoms with Gasteiger partial charge in [-0.2, -0.15) is 0 Å². The fraction of sp³-hybridized carbons (Fsp3) is 0.500. The molecular weight excluding hydrogens is 343 g/mol. The minimum absolute atomic E-state index is 0.262. The monoisotopic (exact) mass is 360 g/mol. The van der Waals surface area contributed by atoms with Gasteiger partial charge in [-0.05, 0) is 43.1 Å². The van der Waals surface area contributed by atoms with Gasteiger partial charge in [0.05, 0.1) is 5.69 Å². The topological polar surface area (TPSA) is 44.3 Å². The summed E-state index contributed by atoms with van der Waals surface area (Å²) in [7, 11) is 0. The molecule has 0 bridgehead atoms. The van der Waals surface area contributed by atoms with E-state index in [0.29, 0.717) is 15.5 Å². The number of halogens is 2. The fourth-order valence-electron chi connectivity index (χ4n) is 2.46. The first kappa shape index (κ1) is 15.5. The molecule has 0 spiro atoms. The molecule has 110 valence electrons. The van der Waals surface area contributed by atoms with Crippen LogP contribution in [0.25, 0.3) is 0 Å². The van der Waals surface area contributed by atoms with Crippen LogP contribution in [0.4, 0.5) is 10.1 Å². The summed E-state index contributed by atoms with van der Waals surface area (Å²) in [6, 6.07) is 2.80. The third kappa shape index (κ3) is 4.31. The summed E-state index contributed by atoms with van der Waals surface area (Å²) in [6.45, 7) is 0.823. The lowest BCUT2D eigenvalue weighted by Gasteiger charge is -2.22. The minimum atomic E-state index is -0.683. The second-order valence-electron chi connectivity index (χ2n) is 5.12. The van der Waals surface area contributed by atoms with Gasteiger partial charge >= 0.3 is 0 Å². The van der Waals surface area contributed by atoms with Gasteiger partial charge in [0.25, 0.3) is 0 Å². The molecule has 2 rings (SSSR count). The van der Waals surface area contributed by atoms with Crippen molar-refractivity contribution >= 4 is 38.9 Å². The van der Waals surface area contributed by atoms with Gasteiger partial charge in [0.2, 0.25) is 0 Å². The molecule has 0 heterocycles. The number of thiocarbonyl (C=S) groups is 1. The van der Waals surface area contributed by atoms with E-state index in [9.17, 15) is 9.50 Å². The molecule has 3 N–H and O–H groups in total. The summed E-state index contributed by atoms with van der Waals surface area (Å²) in [5, 5.41) is 16.0. The van der Waals surface area contributed by atoms with Gasteiger partial charge in [-0.3, -0.25) is 0 Å². The zero-order chi connectivity index (χ0) is 14.5. The molecule has 1 saturated carbocycles. The molecule has 1 aliphatic rings. The Morgan fingerprint density at radius 1 is 1.35 bits per heavy atom. The third-order valence-corrected chi connectivity index (χ3v) is 4.26. The standard InChI is InChI=1S/C14H18BrFN2OS/c15-10-6-11(16)13(19)12(7-10)18-14(20)17-8-9-4-2-1-3-5-9/h6-7,9,19H,1-5,8H2,(H2,17,18,20). The predicted octanol–water partition coefficient (Wildman–Crippen LogP) is 4.16. The highest BCUT2D eigenvalue weighted by Gasteiger charge is 2.14. The first-order chi connectivity index (χ1) is 9.56. The van der Waals surface area contributed by atoms with Crippen molar-refractivity contribution in [1.29, 1.82) is 0 Å². The lowest BCUT2D eigenvalue weighted by atomic mass is 9.89. The highest BCUT2D eigenvalue weighted by Crippen LogP contribution is 2.30. The number of aromatic hydroxyl groups is 1. The smallest absolute Gasteiger partial charge is 0.175 e. The highest BCUT2D eigenvalue weighted by atomic mass is 79.9.